The molecule has 2 rings (SSSR count). The lowest BCUT2D eigenvalue weighted by Crippen LogP contribution is -2.12. The van der Waals surface area contributed by atoms with E-state index in [1.165, 1.54) is 0 Å². The van der Waals surface area contributed by atoms with E-state index in [1.54, 1.807) is 25.3 Å². The summed E-state index contributed by atoms with van der Waals surface area (Å²) in [5, 5.41) is 10.3. The van der Waals surface area contributed by atoms with Gasteiger partial charge >= 0.3 is 0 Å². The Bertz CT molecular complexity index is 615. The molecule has 1 heterocycles. The van der Waals surface area contributed by atoms with E-state index in [9.17, 15) is 4.79 Å². The second kappa shape index (κ2) is 5.64. The number of aromatic amines is 1. The van der Waals surface area contributed by atoms with Crippen LogP contribution in [-0.2, 0) is 6.54 Å². The molecule has 0 fully saturated rings. The van der Waals surface area contributed by atoms with E-state index in [1.807, 2.05) is 13.8 Å². The summed E-state index contributed by atoms with van der Waals surface area (Å²) < 4.78 is 5.27. The molecule has 0 aliphatic carbocycles. The quantitative estimate of drug-likeness (QED) is 0.774. The maximum absolute atomic E-state index is 11.2. The van der Waals surface area contributed by atoms with Crippen LogP contribution in [0.2, 0.25) is 0 Å². The number of hydrogen-bond donors (Lipinski definition) is 3. The number of primary amides is 1. The van der Waals surface area contributed by atoms with Crippen molar-refractivity contribution in [1.29, 1.82) is 0 Å². The molecule has 1 aromatic heterocycles. The molecule has 6 heteroatoms. The average Bonchev–Trinajstić information content (AvgIpc) is 2.75. The average molecular weight is 274 g/mol. The minimum absolute atomic E-state index is 0.439. The third-order valence-electron chi connectivity index (χ3n) is 3.22. The molecule has 0 atom stereocenters. The molecule has 0 bridgehead atoms. The largest absolute Gasteiger partial charge is 0.495 e. The highest BCUT2D eigenvalue weighted by Crippen LogP contribution is 2.26. The first kappa shape index (κ1) is 13.9. The summed E-state index contributed by atoms with van der Waals surface area (Å²) in [4.78, 5) is 11.2. The zero-order chi connectivity index (χ0) is 14.7. The molecule has 20 heavy (non-hydrogen) atoms. The fourth-order valence-corrected chi connectivity index (χ4v) is 2.02. The van der Waals surface area contributed by atoms with Crippen molar-refractivity contribution >= 4 is 11.6 Å². The lowest BCUT2D eigenvalue weighted by atomic mass is 10.1. The molecule has 106 valence electrons. The lowest BCUT2D eigenvalue weighted by Gasteiger charge is -2.12. The molecular weight excluding hydrogens is 256 g/mol. The van der Waals surface area contributed by atoms with Crippen LogP contribution in [0.15, 0.2) is 18.2 Å². The van der Waals surface area contributed by atoms with Crippen molar-refractivity contribution in [3.8, 4) is 5.75 Å². The van der Waals surface area contributed by atoms with E-state index in [-0.39, 0.29) is 0 Å². The number of hydrogen-bond acceptors (Lipinski definition) is 4. The van der Waals surface area contributed by atoms with Crippen molar-refractivity contribution in [1.82, 2.24) is 10.2 Å². The molecule has 0 spiro atoms. The van der Waals surface area contributed by atoms with Gasteiger partial charge in [-0.25, -0.2) is 0 Å². The van der Waals surface area contributed by atoms with Crippen LogP contribution >= 0.6 is 0 Å². The summed E-state index contributed by atoms with van der Waals surface area (Å²) in [5.74, 6) is 0.195. The number of aromatic nitrogens is 2. The highest BCUT2D eigenvalue weighted by atomic mass is 16.5. The molecule has 0 unspecified atom stereocenters. The number of carbonyl (C=O) groups excluding carboxylic acids is 1. The smallest absolute Gasteiger partial charge is 0.248 e. The van der Waals surface area contributed by atoms with E-state index >= 15 is 0 Å². The fraction of sp³-hybridized carbons (Fsp3) is 0.286. The van der Waals surface area contributed by atoms with E-state index in [0.717, 1.165) is 22.6 Å². The number of nitrogens with two attached hydrogens (primary N) is 1. The van der Waals surface area contributed by atoms with Crippen molar-refractivity contribution in [2.45, 2.75) is 20.4 Å². The van der Waals surface area contributed by atoms with Crippen LogP contribution in [0.3, 0.4) is 0 Å². The molecule has 0 radical (unpaired) electrons. The van der Waals surface area contributed by atoms with Crippen molar-refractivity contribution in [2.24, 2.45) is 5.73 Å². The van der Waals surface area contributed by atoms with Crippen LogP contribution in [0, 0.1) is 13.8 Å². The Kier molecular flexibility index (Phi) is 3.93. The van der Waals surface area contributed by atoms with Crippen molar-refractivity contribution < 1.29 is 9.53 Å². The first-order chi connectivity index (χ1) is 9.52. The molecule has 2 aromatic rings. The van der Waals surface area contributed by atoms with Gasteiger partial charge in [0.05, 0.1) is 18.5 Å². The van der Waals surface area contributed by atoms with E-state index in [2.05, 4.69) is 15.5 Å². The summed E-state index contributed by atoms with van der Waals surface area (Å²) in [6, 6.07) is 5.05. The SMILES string of the molecule is COc1ccc(C(N)=O)cc1NCc1c(C)n[nH]c1C. The second-order valence-electron chi connectivity index (χ2n) is 4.55. The Morgan fingerprint density at radius 2 is 2.20 bits per heavy atom. The molecule has 6 nitrogen and oxygen atoms in total. The zero-order valence-electron chi connectivity index (χ0n) is 11.8. The topological polar surface area (TPSA) is 93.0 Å². The Hall–Kier alpha value is -2.50. The van der Waals surface area contributed by atoms with Gasteiger partial charge in [-0.3, -0.25) is 9.89 Å². The van der Waals surface area contributed by atoms with E-state index in [4.69, 9.17) is 10.5 Å². The van der Waals surface area contributed by atoms with Gasteiger partial charge in [0, 0.05) is 23.4 Å². The summed E-state index contributed by atoms with van der Waals surface area (Å²) in [6.45, 7) is 4.50. The Morgan fingerprint density at radius 1 is 1.45 bits per heavy atom. The number of methoxy groups -OCH3 is 1. The highest BCUT2D eigenvalue weighted by molar-refractivity contribution is 5.94. The number of aryl methyl sites for hydroxylation is 2. The molecule has 1 amide bonds. The normalized spacial score (nSPS) is 10.3. The first-order valence-corrected chi connectivity index (χ1v) is 6.25. The van der Waals surface area contributed by atoms with Gasteiger partial charge in [-0.05, 0) is 32.0 Å². The van der Waals surface area contributed by atoms with Crippen molar-refractivity contribution in [3.05, 3.63) is 40.7 Å². The number of amides is 1. The predicted molar refractivity (Wildman–Crippen MR) is 76.9 cm³/mol. The van der Waals surface area contributed by atoms with Gasteiger partial charge in [0.2, 0.25) is 5.91 Å². The number of nitrogens with zero attached hydrogens (tertiary/aromatic N) is 1. The van der Waals surface area contributed by atoms with Gasteiger partial charge in [-0.2, -0.15) is 5.10 Å². The third kappa shape index (κ3) is 2.74. The van der Waals surface area contributed by atoms with Gasteiger partial charge in [0.1, 0.15) is 5.75 Å². The van der Waals surface area contributed by atoms with Crippen molar-refractivity contribution in [2.75, 3.05) is 12.4 Å². The van der Waals surface area contributed by atoms with Gasteiger partial charge in [0.25, 0.3) is 0 Å². The maximum Gasteiger partial charge on any atom is 0.248 e. The maximum atomic E-state index is 11.2. The first-order valence-electron chi connectivity index (χ1n) is 6.25. The fourth-order valence-electron chi connectivity index (χ4n) is 2.02. The van der Waals surface area contributed by atoms with Crippen LogP contribution < -0.4 is 15.8 Å². The number of anilines is 1. The monoisotopic (exact) mass is 274 g/mol. The van der Waals surface area contributed by atoms with Crippen LogP contribution in [0.4, 0.5) is 5.69 Å². The van der Waals surface area contributed by atoms with Crippen LogP contribution in [0.5, 0.6) is 5.75 Å². The van der Waals surface area contributed by atoms with Crippen LogP contribution in [0.25, 0.3) is 0 Å². The Labute approximate surface area is 117 Å². The summed E-state index contributed by atoms with van der Waals surface area (Å²) in [6.07, 6.45) is 0. The summed E-state index contributed by atoms with van der Waals surface area (Å²) in [5.41, 5.74) is 9.51. The highest BCUT2D eigenvalue weighted by Gasteiger charge is 2.10. The zero-order valence-corrected chi connectivity index (χ0v) is 11.8. The Balaban J connectivity index is 2.24. The number of H-pyrrole nitrogens is 1. The minimum Gasteiger partial charge on any atom is -0.495 e. The third-order valence-corrected chi connectivity index (χ3v) is 3.22. The molecule has 0 saturated carbocycles. The van der Waals surface area contributed by atoms with Gasteiger partial charge in [-0.15, -0.1) is 0 Å². The molecule has 0 aliphatic heterocycles. The minimum atomic E-state index is -0.466. The lowest BCUT2D eigenvalue weighted by molar-refractivity contribution is 0.100. The van der Waals surface area contributed by atoms with Gasteiger partial charge in [-0.1, -0.05) is 0 Å². The number of carbonyl (C=O) groups is 1. The van der Waals surface area contributed by atoms with Crippen molar-refractivity contribution in [3.63, 3.8) is 0 Å². The number of rotatable bonds is 5. The molecule has 1 aromatic carbocycles. The standard InChI is InChI=1S/C14H18N4O2/c1-8-11(9(2)18-17-8)7-16-12-6-10(14(15)19)4-5-13(12)20-3/h4-6,16H,7H2,1-3H3,(H2,15,19)(H,17,18). The summed E-state index contributed by atoms with van der Waals surface area (Å²) in [7, 11) is 1.58. The number of nitrogens with one attached hydrogen (secondary N) is 2. The number of ether oxygens (including phenoxy) is 1. The Morgan fingerprint density at radius 3 is 2.75 bits per heavy atom. The molecule has 0 aliphatic rings. The summed E-state index contributed by atoms with van der Waals surface area (Å²) >= 11 is 0. The van der Waals surface area contributed by atoms with Crippen LogP contribution in [0.1, 0.15) is 27.3 Å². The number of benzene rings is 1. The molecular formula is C14H18N4O2. The van der Waals surface area contributed by atoms with E-state index in [0.29, 0.717) is 17.9 Å². The molecule has 0 saturated heterocycles. The molecule has 4 N–H and O–H groups in total. The second-order valence-corrected chi connectivity index (χ2v) is 4.55. The van der Waals surface area contributed by atoms with Crippen LogP contribution in [-0.4, -0.2) is 23.2 Å². The van der Waals surface area contributed by atoms with E-state index < -0.39 is 5.91 Å². The van der Waals surface area contributed by atoms with Gasteiger partial charge < -0.3 is 15.8 Å². The predicted octanol–water partition coefficient (Wildman–Crippen LogP) is 1.75. The van der Waals surface area contributed by atoms with Gasteiger partial charge in [0.15, 0.2) is 0 Å².